The number of rotatable bonds is 2. The predicted octanol–water partition coefficient (Wildman–Crippen LogP) is 1.08. The zero-order chi connectivity index (χ0) is 12.4. The molecule has 17 heavy (non-hydrogen) atoms. The van der Waals surface area contributed by atoms with Crippen LogP contribution in [0.15, 0.2) is 0 Å². The number of primary amides is 1. The van der Waals surface area contributed by atoms with Gasteiger partial charge in [-0.2, -0.15) is 0 Å². The summed E-state index contributed by atoms with van der Waals surface area (Å²) in [6.45, 7) is 3.00. The summed E-state index contributed by atoms with van der Waals surface area (Å²) in [7, 11) is 0. The van der Waals surface area contributed by atoms with E-state index in [0.29, 0.717) is 30.7 Å². The number of hydrogen-bond acceptors (Lipinski definition) is 3. The molecule has 1 heterocycles. The van der Waals surface area contributed by atoms with E-state index >= 15 is 0 Å². The van der Waals surface area contributed by atoms with Crippen LogP contribution in [0.4, 0.5) is 0 Å². The molecule has 0 aromatic heterocycles. The van der Waals surface area contributed by atoms with E-state index in [1.165, 1.54) is 0 Å². The van der Waals surface area contributed by atoms with Crippen LogP contribution in [-0.4, -0.2) is 35.2 Å². The van der Waals surface area contributed by atoms with E-state index in [0.717, 1.165) is 32.2 Å². The van der Waals surface area contributed by atoms with E-state index in [1.54, 1.807) is 0 Å². The number of Topliss-reactive ketones (excluding diaryl/α,β-unsaturated/α-hetero) is 1. The van der Waals surface area contributed by atoms with Gasteiger partial charge in [-0.3, -0.25) is 14.5 Å². The van der Waals surface area contributed by atoms with Crippen LogP contribution in [0.3, 0.4) is 0 Å². The lowest BCUT2D eigenvalue weighted by molar-refractivity contribution is -0.126. The molecule has 1 saturated carbocycles. The summed E-state index contributed by atoms with van der Waals surface area (Å²) in [5, 5.41) is 0. The number of carbonyl (C=O) groups is 2. The maximum Gasteiger partial charge on any atom is 0.221 e. The molecular weight excluding hydrogens is 216 g/mol. The third-order valence-corrected chi connectivity index (χ3v) is 4.31. The second-order valence-electron chi connectivity index (χ2n) is 5.49. The number of carbonyl (C=O) groups excluding carboxylic acids is 2. The molecular formula is C13H22N2O2. The average Bonchev–Trinajstić information content (AvgIpc) is 2.31. The van der Waals surface area contributed by atoms with Crippen molar-refractivity contribution in [2.24, 2.45) is 11.7 Å². The maximum atomic E-state index is 11.3. The summed E-state index contributed by atoms with van der Waals surface area (Å²) >= 11 is 0. The topological polar surface area (TPSA) is 63.4 Å². The predicted molar refractivity (Wildman–Crippen MR) is 65.3 cm³/mol. The van der Waals surface area contributed by atoms with Crippen LogP contribution in [0.25, 0.3) is 0 Å². The second kappa shape index (κ2) is 5.17. The minimum atomic E-state index is -0.172. The highest BCUT2D eigenvalue weighted by atomic mass is 16.1. The molecule has 2 fully saturated rings. The molecule has 0 radical (unpaired) electrons. The molecule has 2 unspecified atom stereocenters. The fourth-order valence-electron chi connectivity index (χ4n) is 3.13. The van der Waals surface area contributed by atoms with E-state index in [4.69, 9.17) is 5.73 Å². The van der Waals surface area contributed by atoms with Crippen LogP contribution >= 0.6 is 0 Å². The summed E-state index contributed by atoms with van der Waals surface area (Å²) in [6.07, 6.45) is 5.27. The van der Waals surface area contributed by atoms with Gasteiger partial charge in [0.05, 0.1) is 5.92 Å². The molecule has 1 saturated heterocycles. The first-order valence-electron chi connectivity index (χ1n) is 6.64. The van der Waals surface area contributed by atoms with Crippen molar-refractivity contribution in [3.05, 3.63) is 0 Å². The van der Waals surface area contributed by atoms with Gasteiger partial charge in [-0.15, -0.1) is 0 Å². The maximum absolute atomic E-state index is 11.3. The van der Waals surface area contributed by atoms with Crippen LogP contribution in [0, 0.1) is 5.92 Å². The molecule has 2 aliphatic rings. The molecule has 2 atom stereocenters. The fourth-order valence-corrected chi connectivity index (χ4v) is 3.13. The fraction of sp³-hybridized carbons (Fsp3) is 0.846. The third-order valence-electron chi connectivity index (χ3n) is 4.31. The number of likely N-dealkylation sites (tertiary alicyclic amines) is 1. The quantitative estimate of drug-likeness (QED) is 0.783. The highest BCUT2D eigenvalue weighted by Gasteiger charge is 2.34. The van der Waals surface area contributed by atoms with Crippen LogP contribution < -0.4 is 5.73 Å². The lowest BCUT2D eigenvalue weighted by Gasteiger charge is -2.43. The van der Waals surface area contributed by atoms with Crippen molar-refractivity contribution in [1.82, 2.24) is 4.90 Å². The first kappa shape index (κ1) is 12.6. The molecule has 0 aromatic rings. The molecule has 4 nitrogen and oxygen atoms in total. The van der Waals surface area contributed by atoms with Gasteiger partial charge in [0.2, 0.25) is 5.91 Å². The Morgan fingerprint density at radius 1 is 1.24 bits per heavy atom. The van der Waals surface area contributed by atoms with Crippen molar-refractivity contribution in [3.63, 3.8) is 0 Å². The molecule has 96 valence electrons. The highest BCUT2D eigenvalue weighted by Crippen LogP contribution is 2.29. The second-order valence-corrected chi connectivity index (χ2v) is 5.49. The Morgan fingerprint density at radius 2 is 1.88 bits per heavy atom. The molecule has 0 aromatic carbocycles. The van der Waals surface area contributed by atoms with Crippen molar-refractivity contribution < 1.29 is 9.59 Å². The Morgan fingerprint density at radius 3 is 2.47 bits per heavy atom. The SMILES string of the molecule is CC1CCC(C(N)=O)CN1C1CCC(=O)CC1. The lowest BCUT2D eigenvalue weighted by Crippen LogP contribution is -2.51. The molecule has 0 bridgehead atoms. The van der Waals surface area contributed by atoms with Gasteiger partial charge in [0.1, 0.15) is 5.78 Å². The molecule has 2 rings (SSSR count). The number of nitrogens with zero attached hydrogens (tertiary/aromatic N) is 1. The largest absolute Gasteiger partial charge is 0.369 e. The van der Waals surface area contributed by atoms with Crippen LogP contribution in [0.5, 0.6) is 0 Å². The van der Waals surface area contributed by atoms with Crippen molar-refractivity contribution in [3.8, 4) is 0 Å². The lowest BCUT2D eigenvalue weighted by atomic mass is 9.87. The Bertz CT molecular complexity index is 307. The first-order valence-corrected chi connectivity index (χ1v) is 6.64. The van der Waals surface area contributed by atoms with Gasteiger partial charge in [0, 0.05) is 31.5 Å². The Hall–Kier alpha value is -0.900. The molecule has 2 N–H and O–H groups in total. The number of nitrogens with two attached hydrogens (primary N) is 1. The Kier molecular flexibility index (Phi) is 3.82. The average molecular weight is 238 g/mol. The van der Waals surface area contributed by atoms with Crippen LogP contribution in [0.1, 0.15) is 45.4 Å². The number of piperidine rings is 1. The van der Waals surface area contributed by atoms with Crippen molar-refractivity contribution in [2.45, 2.75) is 57.5 Å². The van der Waals surface area contributed by atoms with Gasteiger partial charge in [-0.25, -0.2) is 0 Å². The molecule has 4 heteroatoms. The zero-order valence-corrected chi connectivity index (χ0v) is 10.5. The smallest absolute Gasteiger partial charge is 0.221 e. The molecule has 0 spiro atoms. The minimum absolute atomic E-state index is 0.00354. The van der Waals surface area contributed by atoms with Gasteiger partial charge >= 0.3 is 0 Å². The number of ketones is 1. The van der Waals surface area contributed by atoms with Gasteiger partial charge in [-0.1, -0.05) is 0 Å². The summed E-state index contributed by atoms with van der Waals surface area (Å²) in [5.74, 6) is 0.218. The standard InChI is InChI=1S/C13H22N2O2/c1-9-2-3-10(13(14)17)8-15(9)11-4-6-12(16)7-5-11/h9-11H,2-8H2,1H3,(H2,14,17). The first-order chi connectivity index (χ1) is 8.08. The zero-order valence-electron chi connectivity index (χ0n) is 10.5. The summed E-state index contributed by atoms with van der Waals surface area (Å²) in [6, 6.07) is 0.994. The van der Waals surface area contributed by atoms with Crippen molar-refractivity contribution >= 4 is 11.7 Å². The van der Waals surface area contributed by atoms with Gasteiger partial charge < -0.3 is 5.73 Å². The van der Waals surface area contributed by atoms with E-state index in [1.807, 2.05) is 0 Å². The number of hydrogen-bond donors (Lipinski definition) is 1. The van der Waals surface area contributed by atoms with Crippen LogP contribution in [-0.2, 0) is 9.59 Å². The minimum Gasteiger partial charge on any atom is -0.369 e. The van der Waals surface area contributed by atoms with Gasteiger partial charge in [-0.05, 0) is 32.6 Å². The molecule has 1 amide bonds. The van der Waals surface area contributed by atoms with E-state index in [9.17, 15) is 9.59 Å². The van der Waals surface area contributed by atoms with Gasteiger partial charge in [0.25, 0.3) is 0 Å². The third kappa shape index (κ3) is 2.86. The van der Waals surface area contributed by atoms with Crippen molar-refractivity contribution in [1.29, 1.82) is 0 Å². The molecule has 1 aliphatic heterocycles. The van der Waals surface area contributed by atoms with Crippen LogP contribution in [0.2, 0.25) is 0 Å². The Balaban J connectivity index is 1.97. The van der Waals surface area contributed by atoms with E-state index in [2.05, 4.69) is 11.8 Å². The molecule has 1 aliphatic carbocycles. The van der Waals surface area contributed by atoms with Crippen molar-refractivity contribution in [2.75, 3.05) is 6.54 Å². The summed E-state index contributed by atoms with van der Waals surface area (Å²) < 4.78 is 0. The van der Waals surface area contributed by atoms with Gasteiger partial charge in [0.15, 0.2) is 0 Å². The van der Waals surface area contributed by atoms with E-state index < -0.39 is 0 Å². The van der Waals surface area contributed by atoms with E-state index in [-0.39, 0.29) is 11.8 Å². The summed E-state index contributed by atoms with van der Waals surface area (Å²) in [5.41, 5.74) is 5.41. The monoisotopic (exact) mass is 238 g/mol. The highest BCUT2D eigenvalue weighted by molar-refractivity contribution is 5.79. The summed E-state index contributed by atoms with van der Waals surface area (Å²) in [4.78, 5) is 24.9. The normalized spacial score (nSPS) is 32.6. The Labute approximate surface area is 103 Å². The number of amides is 1.